The summed E-state index contributed by atoms with van der Waals surface area (Å²) in [4.78, 5) is 53.8. The van der Waals surface area contributed by atoms with Crippen molar-refractivity contribution in [1.29, 1.82) is 0 Å². The highest BCUT2D eigenvalue weighted by atomic mass is 32.2. The lowest BCUT2D eigenvalue weighted by Crippen LogP contribution is -2.53. The minimum atomic E-state index is -0.995. The van der Waals surface area contributed by atoms with Gasteiger partial charge in [0.1, 0.15) is 24.2 Å². The standard InChI is InChI=1S/C30H49N3O6S/c1-8-9-10-11-12-13-19-33(28(36)24(18-20-40-7)32-29(37)39-30(3,4)5)26(23-16-14-22(2)15-17-23)27(35)31-21-25(34)38-6/h14-17,24,26H,8-13,18-21H2,1-7H3,(H,31,35)(H,32,37). The summed E-state index contributed by atoms with van der Waals surface area (Å²) in [7, 11) is 1.25. The van der Waals surface area contributed by atoms with Crippen molar-refractivity contribution in [1.82, 2.24) is 15.5 Å². The van der Waals surface area contributed by atoms with Crippen LogP contribution in [0.15, 0.2) is 24.3 Å². The van der Waals surface area contributed by atoms with Crippen LogP contribution in [0.5, 0.6) is 0 Å². The van der Waals surface area contributed by atoms with Gasteiger partial charge in [-0.05, 0) is 58.1 Å². The van der Waals surface area contributed by atoms with E-state index in [1.165, 1.54) is 7.11 Å². The number of esters is 1. The predicted octanol–water partition coefficient (Wildman–Crippen LogP) is 5.16. The summed E-state index contributed by atoms with van der Waals surface area (Å²) in [6.07, 6.45) is 7.65. The van der Waals surface area contributed by atoms with Gasteiger partial charge in [-0.3, -0.25) is 14.4 Å². The topological polar surface area (TPSA) is 114 Å². The number of carbonyl (C=O) groups excluding carboxylic acids is 4. The zero-order chi connectivity index (χ0) is 30.1. The predicted molar refractivity (Wildman–Crippen MR) is 160 cm³/mol. The molecule has 2 unspecified atom stereocenters. The fourth-order valence-corrected chi connectivity index (χ4v) is 4.59. The number of methoxy groups -OCH3 is 1. The second-order valence-electron chi connectivity index (χ2n) is 10.9. The van der Waals surface area contributed by atoms with Gasteiger partial charge in [0.05, 0.1) is 7.11 Å². The number of rotatable bonds is 17. The molecule has 1 rings (SSSR count). The summed E-state index contributed by atoms with van der Waals surface area (Å²) in [6.45, 7) is 9.38. The van der Waals surface area contributed by atoms with Crippen molar-refractivity contribution in [2.45, 2.75) is 97.2 Å². The van der Waals surface area contributed by atoms with Crippen molar-refractivity contribution in [3.63, 3.8) is 0 Å². The molecule has 1 aromatic carbocycles. The maximum atomic E-state index is 14.2. The van der Waals surface area contributed by atoms with E-state index in [1.807, 2.05) is 37.4 Å². The van der Waals surface area contributed by atoms with E-state index in [9.17, 15) is 19.2 Å². The molecule has 0 radical (unpaired) electrons. The number of thioether (sulfide) groups is 1. The molecule has 0 heterocycles. The van der Waals surface area contributed by atoms with E-state index in [4.69, 9.17) is 4.74 Å². The first-order valence-corrected chi connectivity index (χ1v) is 15.5. The van der Waals surface area contributed by atoms with Crippen molar-refractivity contribution < 1.29 is 28.7 Å². The maximum Gasteiger partial charge on any atom is 0.408 e. The molecule has 1 aromatic rings. The quantitative estimate of drug-likeness (QED) is 0.194. The van der Waals surface area contributed by atoms with Crippen LogP contribution in [0.25, 0.3) is 0 Å². The average Bonchev–Trinajstić information content (AvgIpc) is 2.90. The van der Waals surface area contributed by atoms with Gasteiger partial charge in [0, 0.05) is 6.54 Å². The van der Waals surface area contributed by atoms with Gasteiger partial charge in [-0.15, -0.1) is 0 Å². The number of nitrogens with one attached hydrogen (secondary N) is 2. The van der Waals surface area contributed by atoms with Crippen LogP contribution in [-0.4, -0.2) is 72.6 Å². The largest absolute Gasteiger partial charge is 0.468 e. The Balaban J connectivity index is 3.41. The fourth-order valence-electron chi connectivity index (χ4n) is 4.12. The van der Waals surface area contributed by atoms with Crippen molar-refractivity contribution in [2.24, 2.45) is 0 Å². The molecular formula is C30H49N3O6S. The highest BCUT2D eigenvalue weighted by Crippen LogP contribution is 2.25. The zero-order valence-electron chi connectivity index (χ0n) is 25.3. The van der Waals surface area contributed by atoms with Crippen LogP contribution >= 0.6 is 11.8 Å². The third-order valence-corrected chi connectivity index (χ3v) is 6.87. The van der Waals surface area contributed by atoms with Crippen molar-refractivity contribution in [3.05, 3.63) is 35.4 Å². The third-order valence-electron chi connectivity index (χ3n) is 6.22. The van der Waals surface area contributed by atoms with Crippen molar-refractivity contribution >= 4 is 35.6 Å². The molecule has 0 aliphatic carbocycles. The number of carbonyl (C=O) groups is 4. The van der Waals surface area contributed by atoms with E-state index in [-0.39, 0.29) is 12.5 Å². The number of hydrogen-bond donors (Lipinski definition) is 2. The summed E-state index contributed by atoms with van der Waals surface area (Å²) in [5.74, 6) is -0.822. The number of alkyl carbamates (subject to hydrolysis) is 1. The molecule has 0 spiro atoms. The first kappa shape index (κ1) is 35.3. The molecule has 0 bridgehead atoms. The second-order valence-corrected chi connectivity index (χ2v) is 11.9. The molecule has 0 aliphatic rings. The van der Waals surface area contributed by atoms with E-state index >= 15 is 0 Å². The third kappa shape index (κ3) is 13.5. The van der Waals surface area contributed by atoms with Crippen molar-refractivity contribution in [3.8, 4) is 0 Å². The Kier molecular flexibility index (Phi) is 16.4. The number of nitrogens with zero attached hydrogens (tertiary/aromatic N) is 1. The first-order valence-electron chi connectivity index (χ1n) is 14.1. The van der Waals surface area contributed by atoms with E-state index in [1.54, 1.807) is 37.4 Å². The number of ether oxygens (including phenoxy) is 2. The van der Waals surface area contributed by atoms with Gasteiger partial charge in [0.15, 0.2) is 0 Å². The molecule has 2 N–H and O–H groups in total. The lowest BCUT2D eigenvalue weighted by Gasteiger charge is -2.34. The fraction of sp³-hybridized carbons (Fsp3) is 0.667. The normalized spacial score (nSPS) is 12.7. The molecule has 2 atom stereocenters. The number of benzene rings is 1. The van der Waals surface area contributed by atoms with Gasteiger partial charge in [0.25, 0.3) is 0 Å². The highest BCUT2D eigenvalue weighted by molar-refractivity contribution is 7.98. The Bertz CT molecular complexity index is 932. The SMILES string of the molecule is CCCCCCCCN(C(=O)C(CCSC)NC(=O)OC(C)(C)C)C(C(=O)NCC(=O)OC)c1ccc(C)cc1. The minimum absolute atomic E-state index is 0.317. The Labute approximate surface area is 244 Å². The molecule has 10 heteroatoms. The summed E-state index contributed by atoms with van der Waals surface area (Å²) >= 11 is 1.56. The maximum absolute atomic E-state index is 14.2. The van der Waals surface area contributed by atoms with Crippen LogP contribution in [0, 0.1) is 6.92 Å². The summed E-state index contributed by atoms with van der Waals surface area (Å²) in [5, 5.41) is 5.38. The molecule has 9 nitrogen and oxygen atoms in total. The van der Waals surface area contributed by atoms with E-state index in [0.29, 0.717) is 30.7 Å². The van der Waals surface area contributed by atoms with Gasteiger partial charge >= 0.3 is 12.1 Å². The van der Waals surface area contributed by atoms with Gasteiger partial charge in [-0.25, -0.2) is 4.79 Å². The summed E-state index contributed by atoms with van der Waals surface area (Å²) in [5.41, 5.74) is 0.900. The lowest BCUT2D eigenvalue weighted by atomic mass is 10.00. The second kappa shape index (κ2) is 18.6. The number of aryl methyl sites for hydroxylation is 1. The van der Waals surface area contributed by atoms with Gasteiger partial charge in [0.2, 0.25) is 11.8 Å². The Morgan fingerprint density at radius 3 is 2.20 bits per heavy atom. The first-order chi connectivity index (χ1) is 18.9. The smallest absolute Gasteiger partial charge is 0.408 e. The molecule has 3 amide bonds. The molecule has 0 fully saturated rings. The van der Waals surface area contributed by atoms with E-state index < -0.39 is 35.7 Å². The number of amides is 3. The summed E-state index contributed by atoms with van der Waals surface area (Å²) < 4.78 is 10.1. The van der Waals surface area contributed by atoms with Crippen LogP contribution in [0.3, 0.4) is 0 Å². The molecule has 0 aliphatic heterocycles. The Morgan fingerprint density at radius 2 is 1.62 bits per heavy atom. The zero-order valence-corrected chi connectivity index (χ0v) is 26.2. The molecule has 0 saturated heterocycles. The van der Waals surface area contributed by atoms with Gasteiger partial charge in [-0.1, -0.05) is 68.9 Å². The summed E-state index contributed by atoms with van der Waals surface area (Å²) in [6, 6.07) is 5.52. The molecular weight excluding hydrogens is 530 g/mol. The van der Waals surface area contributed by atoms with Crippen LogP contribution in [0.1, 0.15) is 89.8 Å². The number of hydrogen-bond acceptors (Lipinski definition) is 7. The Hall–Kier alpha value is -2.75. The lowest BCUT2D eigenvalue weighted by molar-refractivity contribution is -0.144. The molecule has 40 heavy (non-hydrogen) atoms. The molecule has 0 saturated carbocycles. The van der Waals surface area contributed by atoms with Crippen LogP contribution < -0.4 is 10.6 Å². The molecule has 0 aromatic heterocycles. The van der Waals surface area contributed by atoms with Crippen LogP contribution in [-0.2, 0) is 23.9 Å². The van der Waals surface area contributed by atoms with Gasteiger partial charge < -0.3 is 25.0 Å². The molecule has 226 valence electrons. The van der Waals surface area contributed by atoms with E-state index in [2.05, 4.69) is 22.3 Å². The minimum Gasteiger partial charge on any atom is -0.468 e. The van der Waals surface area contributed by atoms with Crippen LogP contribution in [0.2, 0.25) is 0 Å². The Morgan fingerprint density at radius 1 is 1.00 bits per heavy atom. The van der Waals surface area contributed by atoms with E-state index in [0.717, 1.165) is 37.7 Å². The monoisotopic (exact) mass is 579 g/mol. The van der Waals surface area contributed by atoms with Crippen molar-refractivity contribution in [2.75, 3.05) is 32.2 Å². The average molecular weight is 580 g/mol. The highest BCUT2D eigenvalue weighted by Gasteiger charge is 2.36. The van der Waals surface area contributed by atoms with Crippen LogP contribution in [0.4, 0.5) is 4.79 Å². The number of unbranched alkanes of at least 4 members (excludes halogenated alkanes) is 5. The van der Waals surface area contributed by atoms with Gasteiger partial charge in [-0.2, -0.15) is 11.8 Å².